The second kappa shape index (κ2) is 12.8. The van der Waals surface area contributed by atoms with Crippen LogP contribution >= 0.6 is 15.9 Å². The minimum atomic E-state index is 0.796. The van der Waals surface area contributed by atoms with Crippen LogP contribution in [-0.4, -0.2) is 13.2 Å². The molecule has 0 bridgehead atoms. The van der Waals surface area contributed by atoms with Crippen molar-refractivity contribution in [2.24, 2.45) is 0 Å². The second-order valence-corrected chi connectivity index (χ2v) is 6.28. The molecule has 0 atom stereocenters. The molecule has 0 fully saturated rings. The lowest BCUT2D eigenvalue weighted by atomic mass is 10.2. The Balaban J connectivity index is 2.38. The molecule has 2 nitrogen and oxygen atoms in total. The van der Waals surface area contributed by atoms with Gasteiger partial charge in [0.15, 0.2) is 0 Å². The summed E-state index contributed by atoms with van der Waals surface area (Å²) in [5, 5.41) is 0.796. The maximum Gasteiger partial charge on any atom is 0.123 e. The molecule has 0 aliphatic rings. The molecule has 0 radical (unpaired) electrons. The zero-order chi connectivity index (χ0) is 16.0. The molecule has 0 amide bonds. The Kier molecular flexibility index (Phi) is 11.3. The van der Waals surface area contributed by atoms with Gasteiger partial charge in [0.25, 0.3) is 0 Å². The average Bonchev–Trinajstić information content (AvgIpc) is 2.55. The van der Waals surface area contributed by atoms with Gasteiger partial charge >= 0.3 is 0 Å². The minimum Gasteiger partial charge on any atom is -0.494 e. The molecule has 0 aliphatic carbocycles. The van der Waals surface area contributed by atoms with Gasteiger partial charge < -0.3 is 9.47 Å². The van der Waals surface area contributed by atoms with Crippen LogP contribution < -0.4 is 9.47 Å². The van der Waals surface area contributed by atoms with Crippen molar-refractivity contribution in [3.63, 3.8) is 0 Å². The number of ether oxygens (including phenoxy) is 2. The fourth-order valence-corrected chi connectivity index (χ4v) is 2.76. The average molecular weight is 371 g/mol. The molecule has 22 heavy (non-hydrogen) atoms. The smallest absolute Gasteiger partial charge is 0.123 e. The molecular formula is C19H31BrO2. The third-order valence-electron chi connectivity index (χ3n) is 3.70. The molecule has 1 rings (SSSR count). The fraction of sp³-hybridized carbons (Fsp3) is 0.684. The first-order chi connectivity index (χ1) is 10.8. The van der Waals surface area contributed by atoms with Crippen LogP contribution in [0, 0.1) is 0 Å². The van der Waals surface area contributed by atoms with Gasteiger partial charge in [0.1, 0.15) is 11.5 Å². The van der Waals surface area contributed by atoms with Crippen LogP contribution in [0.1, 0.15) is 70.8 Å². The van der Waals surface area contributed by atoms with Crippen LogP contribution in [0.3, 0.4) is 0 Å². The first-order valence-corrected chi connectivity index (χ1v) is 9.88. The van der Waals surface area contributed by atoms with Crippen LogP contribution in [0.4, 0.5) is 0 Å². The van der Waals surface area contributed by atoms with Crippen molar-refractivity contribution in [3.8, 4) is 11.5 Å². The minimum absolute atomic E-state index is 0.796. The van der Waals surface area contributed by atoms with Crippen molar-refractivity contribution in [2.75, 3.05) is 13.2 Å². The normalized spacial score (nSPS) is 10.7. The topological polar surface area (TPSA) is 18.5 Å². The molecule has 0 heterocycles. The van der Waals surface area contributed by atoms with Gasteiger partial charge in [-0.3, -0.25) is 0 Å². The van der Waals surface area contributed by atoms with Crippen molar-refractivity contribution in [2.45, 2.75) is 70.5 Å². The maximum absolute atomic E-state index is 5.90. The van der Waals surface area contributed by atoms with Crippen LogP contribution in [0.25, 0.3) is 0 Å². The van der Waals surface area contributed by atoms with E-state index in [9.17, 15) is 0 Å². The molecule has 0 aromatic heterocycles. The number of hydrogen-bond acceptors (Lipinski definition) is 2. The summed E-state index contributed by atoms with van der Waals surface area (Å²) < 4.78 is 11.7. The molecule has 0 unspecified atom stereocenters. The molecule has 126 valence electrons. The van der Waals surface area contributed by atoms with Gasteiger partial charge in [0.05, 0.1) is 13.2 Å². The van der Waals surface area contributed by atoms with E-state index in [-0.39, 0.29) is 0 Å². The predicted octanol–water partition coefficient (Wildman–Crippen LogP) is 6.50. The van der Waals surface area contributed by atoms with Crippen LogP contribution in [0.15, 0.2) is 18.2 Å². The highest BCUT2D eigenvalue weighted by molar-refractivity contribution is 9.08. The van der Waals surface area contributed by atoms with Gasteiger partial charge in [-0.2, -0.15) is 0 Å². The van der Waals surface area contributed by atoms with Crippen molar-refractivity contribution in [1.82, 2.24) is 0 Å². The van der Waals surface area contributed by atoms with Gasteiger partial charge in [0.2, 0.25) is 0 Å². The Morgan fingerprint density at radius 1 is 0.818 bits per heavy atom. The third kappa shape index (κ3) is 8.07. The monoisotopic (exact) mass is 370 g/mol. The number of rotatable bonds is 13. The summed E-state index contributed by atoms with van der Waals surface area (Å²) in [4.78, 5) is 0. The molecule has 0 saturated carbocycles. The Morgan fingerprint density at radius 2 is 1.45 bits per heavy atom. The molecular weight excluding hydrogens is 340 g/mol. The van der Waals surface area contributed by atoms with Crippen molar-refractivity contribution in [1.29, 1.82) is 0 Å². The highest BCUT2D eigenvalue weighted by atomic mass is 79.9. The predicted molar refractivity (Wildman–Crippen MR) is 98.3 cm³/mol. The quantitative estimate of drug-likeness (QED) is 0.291. The third-order valence-corrected chi connectivity index (χ3v) is 4.30. The highest BCUT2D eigenvalue weighted by Gasteiger charge is 2.05. The lowest BCUT2D eigenvalue weighted by molar-refractivity contribution is 0.295. The summed E-state index contributed by atoms with van der Waals surface area (Å²) in [7, 11) is 0. The Morgan fingerprint density at radius 3 is 2.05 bits per heavy atom. The molecule has 0 saturated heterocycles. The van der Waals surface area contributed by atoms with E-state index in [1.807, 2.05) is 12.1 Å². The van der Waals surface area contributed by atoms with Gasteiger partial charge in [-0.1, -0.05) is 68.3 Å². The van der Waals surface area contributed by atoms with Crippen LogP contribution in [0.2, 0.25) is 0 Å². The Hall–Kier alpha value is -0.700. The summed E-state index contributed by atoms with van der Waals surface area (Å²) in [6.45, 7) is 6.06. The highest BCUT2D eigenvalue weighted by Crippen LogP contribution is 2.26. The zero-order valence-electron chi connectivity index (χ0n) is 14.2. The van der Waals surface area contributed by atoms with E-state index in [4.69, 9.17) is 9.47 Å². The van der Waals surface area contributed by atoms with E-state index in [1.165, 1.54) is 44.1 Å². The molecule has 3 heteroatoms. The van der Waals surface area contributed by atoms with E-state index in [1.54, 1.807) is 0 Å². The molecule has 0 N–H and O–H groups in total. The van der Waals surface area contributed by atoms with E-state index >= 15 is 0 Å². The van der Waals surface area contributed by atoms with Gasteiger partial charge in [0, 0.05) is 10.9 Å². The first-order valence-electron chi connectivity index (χ1n) is 8.76. The van der Waals surface area contributed by atoms with E-state index in [0.717, 1.165) is 42.9 Å². The summed E-state index contributed by atoms with van der Waals surface area (Å²) in [6, 6.07) is 6.15. The van der Waals surface area contributed by atoms with Gasteiger partial charge in [-0.05, 0) is 31.0 Å². The second-order valence-electron chi connectivity index (χ2n) is 5.72. The Bertz CT molecular complexity index is 393. The SMILES string of the molecule is CCCCCCOc1ccc(OCCCCCC)c(CBr)c1. The summed E-state index contributed by atoms with van der Waals surface area (Å²) in [5.41, 5.74) is 1.17. The van der Waals surface area contributed by atoms with Crippen molar-refractivity contribution < 1.29 is 9.47 Å². The summed E-state index contributed by atoms with van der Waals surface area (Å²) >= 11 is 3.54. The fourth-order valence-electron chi connectivity index (χ4n) is 2.32. The standard InChI is InChI=1S/C19H31BrO2/c1-3-5-7-9-13-21-18-11-12-19(17(15-18)16-20)22-14-10-8-6-4-2/h11-12,15H,3-10,13-14,16H2,1-2H3. The van der Waals surface area contributed by atoms with Crippen LogP contribution in [0.5, 0.6) is 11.5 Å². The van der Waals surface area contributed by atoms with Gasteiger partial charge in [-0.25, -0.2) is 0 Å². The number of halogens is 1. The lowest BCUT2D eigenvalue weighted by Gasteiger charge is -2.12. The first kappa shape index (κ1) is 19.3. The largest absolute Gasteiger partial charge is 0.494 e. The number of benzene rings is 1. The summed E-state index contributed by atoms with van der Waals surface area (Å²) in [5.74, 6) is 1.93. The van der Waals surface area contributed by atoms with E-state index in [0.29, 0.717) is 0 Å². The van der Waals surface area contributed by atoms with E-state index < -0.39 is 0 Å². The van der Waals surface area contributed by atoms with Crippen LogP contribution in [-0.2, 0) is 5.33 Å². The van der Waals surface area contributed by atoms with Gasteiger partial charge in [-0.15, -0.1) is 0 Å². The zero-order valence-corrected chi connectivity index (χ0v) is 15.8. The summed E-state index contributed by atoms with van der Waals surface area (Å²) in [6.07, 6.45) is 9.87. The lowest BCUT2D eigenvalue weighted by Crippen LogP contribution is -2.01. The number of hydrogen-bond donors (Lipinski definition) is 0. The van der Waals surface area contributed by atoms with Crippen molar-refractivity contribution in [3.05, 3.63) is 23.8 Å². The number of alkyl halides is 1. The maximum atomic E-state index is 5.90. The molecule has 0 spiro atoms. The van der Waals surface area contributed by atoms with Crippen molar-refractivity contribution >= 4 is 15.9 Å². The Labute approximate surface area is 144 Å². The molecule has 0 aliphatic heterocycles. The molecule has 1 aromatic carbocycles. The molecule has 1 aromatic rings. The van der Waals surface area contributed by atoms with E-state index in [2.05, 4.69) is 35.8 Å². The number of unbranched alkanes of at least 4 members (excludes halogenated alkanes) is 6.